The van der Waals surface area contributed by atoms with Crippen LogP contribution in [-0.2, 0) is 19.6 Å². The molecule has 202 valence electrons. The molecule has 14 heteroatoms. The van der Waals surface area contributed by atoms with Crippen molar-refractivity contribution in [3.63, 3.8) is 0 Å². The largest absolute Gasteiger partial charge is 0.462 e. The predicted molar refractivity (Wildman–Crippen MR) is 146 cm³/mol. The highest BCUT2D eigenvalue weighted by atomic mass is 32.2. The number of benzene rings is 2. The third kappa shape index (κ3) is 7.37. The summed E-state index contributed by atoms with van der Waals surface area (Å²) in [5.41, 5.74) is 0.859. The number of amides is 2. The number of rotatable bonds is 12. The first-order valence-corrected chi connectivity index (χ1v) is 14.9. The minimum atomic E-state index is -3.62. The number of carbonyl (C=O) groups excluding carboxylic acids is 3. The summed E-state index contributed by atoms with van der Waals surface area (Å²) in [7, 11) is -3.62. The van der Waals surface area contributed by atoms with E-state index in [9.17, 15) is 22.8 Å². The van der Waals surface area contributed by atoms with E-state index in [1.165, 1.54) is 28.6 Å². The molecule has 0 aliphatic rings. The molecular formula is C24H27N5O6S3. The lowest BCUT2D eigenvalue weighted by molar-refractivity contribution is -0.113. The number of ether oxygens (including phenoxy) is 1. The molecule has 0 radical (unpaired) electrons. The van der Waals surface area contributed by atoms with Gasteiger partial charge in [0.15, 0.2) is 4.34 Å². The normalized spacial score (nSPS) is 11.3. The Kier molecular flexibility index (Phi) is 10.4. The van der Waals surface area contributed by atoms with E-state index in [0.29, 0.717) is 23.1 Å². The SMILES string of the molecule is CCOC(=O)c1ccccc1NC(=O)CSc1nnc(NC(=O)c2ccc(S(=O)(=O)N(CC)CC)cc2)s1. The summed E-state index contributed by atoms with van der Waals surface area (Å²) in [4.78, 5) is 37.2. The summed E-state index contributed by atoms with van der Waals surface area (Å²) >= 11 is 2.21. The molecule has 11 nitrogen and oxygen atoms in total. The predicted octanol–water partition coefficient (Wildman–Crippen LogP) is 3.73. The Bertz CT molecular complexity index is 1390. The van der Waals surface area contributed by atoms with E-state index in [4.69, 9.17) is 4.74 Å². The molecule has 2 N–H and O–H groups in total. The highest BCUT2D eigenvalue weighted by molar-refractivity contribution is 8.01. The number of para-hydroxylation sites is 1. The van der Waals surface area contributed by atoms with Crippen molar-refractivity contribution in [3.05, 3.63) is 59.7 Å². The fourth-order valence-corrected chi connectivity index (χ4v) is 6.28. The monoisotopic (exact) mass is 577 g/mol. The van der Waals surface area contributed by atoms with Gasteiger partial charge in [-0.05, 0) is 43.3 Å². The number of aromatic nitrogens is 2. The van der Waals surface area contributed by atoms with Gasteiger partial charge in [-0.15, -0.1) is 10.2 Å². The van der Waals surface area contributed by atoms with Crippen LogP contribution >= 0.6 is 23.1 Å². The summed E-state index contributed by atoms with van der Waals surface area (Å²) in [5.74, 6) is -1.35. The lowest BCUT2D eigenvalue weighted by atomic mass is 10.2. The first kappa shape index (κ1) is 29.2. The Labute approximate surface area is 229 Å². The van der Waals surface area contributed by atoms with Gasteiger partial charge in [0.1, 0.15) is 0 Å². The quantitative estimate of drug-likeness (QED) is 0.187. The van der Waals surface area contributed by atoms with Gasteiger partial charge in [0.2, 0.25) is 21.1 Å². The van der Waals surface area contributed by atoms with Gasteiger partial charge < -0.3 is 10.1 Å². The van der Waals surface area contributed by atoms with Crippen molar-refractivity contribution in [2.45, 2.75) is 30.0 Å². The van der Waals surface area contributed by atoms with Crippen LogP contribution in [0.2, 0.25) is 0 Å². The molecule has 2 amide bonds. The van der Waals surface area contributed by atoms with Crippen LogP contribution in [0.1, 0.15) is 41.5 Å². The number of anilines is 2. The van der Waals surface area contributed by atoms with Crippen molar-refractivity contribution >= 4 is 61.7 Å². The second-order valence-electron chi connectivity index (χ2n) is 7.54. The van der Waals surface area contributed by atoms with E-state index < -0.39 is 21.9 Å². The molecule has 3 aromatic rings. The van der Waals surface area contributed by atoms with Gasteiger partial charge in [0, 0.05) is 18.7 Å². The molecule has 0 saturated heterocycles. The summed E-state index contributed by atoms with van der Waals surface area (Å²) in [5, 5.41) is 13.4. The molecule has 1 aromatic heterocycles. The lowest BCUT2D eigenvalue weighted by Crippen LogP contribution is -2.30. The van der Waals surface area contributed by atoms with E-state index in [2.05, 4.69) is 20.8 Å². The van der Waals surface area contributed by atoms with E-state index >= 15 is 0 Å². The molecule has 0 aliphatic heterocycles. The first-order valence-electron chi connectivity index (χ1n) is 11.6. The molecule has 0 atom stereocenters. The minimum absolute atomic E-state index is 0.00220. The molecule has 2 aromatic carbocycles. The Morgan fingerprint density at radius 1 is 0.974 bits per heavy atom. The summed E-state index contributed by atoms with van der Waals surface area (Å²) < 4.78 is 32.0. The van der Waals surface area contributed by atoms with Gasteiger partial charge in [-0.25, -0.2) is 13.2 Å². The molecule has 0 aliphatic carbocycles. The number of hydrogen-bond acceptors (Lipinski definition) is 10. The maximum absolute atomic E-state index is 12.6. The van der Waals surface area contributed by atoms with Crippen LogP contribution in [0, 0.1) is 0 Å². The molecule has 3 rings (SSSR count). The topological polar surface area (TPSA) is 148 Å². The average Bonchev–Trinajstić information content (AvgIpc) is 3.35. The van der Waals surface area contributed by atoms with Crippen LogP contribution in [0.15, 0.2) is 57.8 Å². The van der Waals surface area contributed by atoms with Crippen molar-refractivity contribution in [2.24, 2.45) is 0 Å². The van der Waals surface area contributed by atoms with Crippen LogP contribution in [0.4, 0.5) is 10.8 Å². The van der Waals surface area contributed by atoms with Crippen LogP contribution in [0.5, 0.6) is 0 Å². The van der Waals surface area contributed by atoms with Crippen LogP contribution in [0.3, 0.4) is 0 Å². The van der Waals surface area contributed by atoms with Crippen LogP contribution in [0.25, 0.3) is 0 Å². The second kappa shape index (κ2) is 13.5. The Morgan fingerprint density at radius 2 is 1.66 bits per heavy atom. The number of nitrogens with zero attached hydrogens (tertiary/aromatic N) is 3. The zero-order chi connectivity index (χ0) is 27.7. The maximum atomic E-state index is 12.6. The summed E-state index contributed by atoms with van der Waals surface area (Å²) in [6, 6.07) is 12.2. The number of carbonyl (C=O) groups is 3. The number of thioether (sulfide) groups is 1. The molecular weight excluding hydrogens is 550 g/mol. The standard InChI is InChI=1S/C24H27N5O6S3/c1-4-29(5-2)38(33,34)17-13-11-16(12-14-17)21(31)26-23-27-28-24(37-23)36-15-20(30)25-19-10-8-7-9-18(19)22(32)35-6-3/h7-14H,4-6,15H2,1-3H3,(H,25,30)(H,26,27,31). The van der Waals surface area contributed by atoms with Gasteiger partial charge in [0.05, 0.1) is 28.5 Å². The van der Waals surface area contributed by atoms with Crippen molar-refractivity contribution in [1.82, 2.24) is 14.5 Å². The summed E-state index contributed by atoms with van der Waals surface area (Å²) in [6.07, 6.45) is 0. The third-order valence-electron chi connectivity index (χ3n) is 5.11. The van der Waals surface area contributed by atoms with Crippen LogP contribution < -0.4 is 10.6 Å². The highest BCUT2D eigenvalue weighted by Gasteiger charge is 2.22. The third-order valence-corrected chi connectivity index (χ3v) is 9.15. The van der Waals surface area contributed by atoms with Gasteiger partial charge in [-0.3, -0.25) is 14.9 Å². The van der Waals surface area contributed by atoms with Gasteiger partial charge >= 0.3 is 5.97 Å². The minimum Gasteiger partial charge on any atom is -0.462 e. The number of hydrogen-bond donors (Lipinski definition) is 2. The van der Waals surface area contributed by atoms with Gasteiger partial charge in [0.25, 0.3) is 5.91 Å². The number of esters is 1. The molecule has 0 spiro atoms. The number of sulfonamides is 1. The molecule has 38 heavy (non-hydrogen) atoms. The maximum Gasteiger partial charge on any atom is 0.340 e. The Balaban J connectivity index is 1.56. The molecule has 0 saturated carbocycles. The van der Waals surface area contributed by atoms with Crippen molar-refractivity contribution in [1.29, 1.82) is 0 Å². The zero-order valence-electron chi connectivity index (χ0n) is 21.0. The highest BCUT2D eigenvalue weighted by Crippen LogP contribution is 2.26. The fourth-order valence-electron chi connectivity index (χ4n) is 3.27. The van der Waals surface area contributed by atoms with Gasteiger partial charge in [-0.1, -0.05) is 49.1 Å². The Hall–Kier alpha value is -3.33. The van der Waals surface area contributed by atoms with E-state index in [1.54, 1.807) is 45.0 Å². The van der Waals surface area contributed by atoms with Crippen molar-refractivity contribution < 1.29 is 27.5 Å². The van der Waals surface area contributed by atoms with E-state index in [-0.39, 0.29) is 39.4 Å². The molecule has 0 unspecified atom stereocenters. The molecule has 1 heterocycles. The number of nitrogens with one attached hydrogen (secondary N) is 2. The summed E-state index contributed by atoms with van der Waals surface area (Å²) in [6.45, 7) is 6.13. The molecule has 0 fully saturated rings. The van der Waals surface area contributed by atoms with Crippen molar-refractivity contribution in [3.8, 4) is 0 Å². The van der Waals surface area contributed by atoms with E-state index in [0.717, 1.165) is 23.1 Å². The fraction of sp³-hybridized carbons (Fsp3) is 0.292. The second-order valence-corrected chi connectivity index (χ2v) is 11.7. The van der Waals surface area contributed by atoms with E-state index in [1.807, 2.05) is 0 Å². The smallest absolute Gasteiger partial charge is 0.340 e. The van der Waals surface area contributed by atoms with Crippen molar-refractivity contribution in [2.75, 3.05) is 36.1 Å². The van der Waals surface area contributed by atoms with Crippen LogP contribution in [-0.4, -0.2) is 66.2 Å². The first-order chi connectivity index (χ1) is 18.2. The van der Waals surface area contributed by atoms with Gasteiger partial charge in [-0.2, -0.15) is 4.31 Å². The molecule has 0 bridgehead atoms. The Morgan fingerprint density at radius 3 is 2.32 bits per heavy atom. The average molecular weight is 578 g/mol. The zero-order valence-corrected chi connectivity index (χ0v) is 23.4. The lowest BCUT2D eigenvalue weighted by Gasteiger charge is -2.18.